The standard InChI is InChI=1S/C18H33FN2O/c1-14(2)17(22)21-11-7-18(19,8-12-21)13-16-5-9-20(10-6-16)15(3)4/h14-16H,5-13H2,1-4H3. The van der Waals surface area contributed by atoms with Gasteiger partial charge in [-0.25, -0.2) is 4.39 Å². The van der Waals surface area contributed by atoms with Gasteiger partial charge in [-0.3, -0.25) is 4.79 Å². The van der Waals surface area contributed by atoms with E-state index in [0.29, 0.717) is 44.3 Å². The lowest BCUT2D eigenvalue weighted by Gasteiger charge is -2.41. The summed E-state index contributed by atoms with van der Waals surface area (Å²) >= 11 is 0. The smallest absolute Gasteiger partial charge is 0.225 e. The molecule has 0 aromatic carbocycles. The topological polar surface area (TPSA) is 23.6 Å². The highest BCUT2D eigenvalue weighted by Crippen LogP contribution is 2.36. The van der Waals surface area contributed by atoms with E-state index in [9.17, 15) is 4.79 Å². The molecule has 0 bridgehead atoms. The van der Waals surface area contributed by atoms with Gasteiger partial charge in [0.25, 0.3) is 0 Å². The molecule has 2 fully saturated rings. The number of carbonyl (C=O) groups excluding carboxylic acids is 1. The molecule has 0 aliphatic carbocycles. The lowest BCUT2D eigenvalue weighted by Crippen LogP contribution is -2.47. The van der Waals surface area contributed by atoms with Crippen LogP contribution in [0.4, 0.5) is 4.39 Å². The molecule has 0 N–H and O–H groups in total. The summed E-state index contributed by atoms with van der Waals surface area (Å²) < 4.78 is 15.1. The molecular formula is C18H33FN2O. The molecule has 0 radical (unpaired) electrons. The number of piperidine rings is 2. The summed E-state index contributed by atoms with van der Waals surface area (Å²) in [6.07, 6.45) is 3.99. The Morgan fingerprint density at radius 3 is 2.09 bits per heavy atom. The Bertz CT molecular complexity index is 367. The van der Waals surface area contributed by atoms with E-state index in [0.717, 1.165) is 25.9 Å². The Morgan fingerprint density at radius 1 is 1.09 bits per heavy atom. The second-order valence-electron chi connectivity index (χ2n) is 7.91. The summed E-state index contributed by atoms with van der Waals surface area (Å²) in [5.41, 5.74) is -1.04. The highest BCUT2D eigenvalue weighted by molar-refractivity contribution is 5.78. The van der Waals surface area contributed by atoms with Crippen molar-refractivity contribution in [3.8, 4) is 0 Å². The Hall–Kier alpha value is -0.640. The zero-order valence-electron chi connectivity index (χ0n) is 14.8. The summed E-state index contributed by atoms with van der Waals surface area (Å²) in [5, 5.41) is 0. The summed E-state index contributed by atoms with van der Waals surface area (Å²) in [6, 6.07) is 0.602. The van der Waals surface area contributed by atoms with Crippen molar-refractivity contribution >= 4 is 5.91 Å². The van der Waals surface area contributed by atoms with Gasteiger partial charge < -0.3 is 9.80 Å². The number of rotatable bonds is 4. The van der Waals surface area contributed by atoms with Crippen LogP contribution in [-0.2, 0) is 4.79 Å². The molecule has 0 aromatic heterocycles. The van der Waals surface area contributed by atoms with Gasteiger partial charge in [-0.1, -0.05) is 13.8 Å². The maximum atomic E-state index is 15.1. The number of halogens is 1. The van der Waals surface area contributed by atoms with Crippen molar-refractivity contribution in [3.05, 3.63) is 0 Å². The van der Waals surface area contributed by atoms with Crippen LogP contribution in [0.5, 0.6) is 0 Å². The van der Waals surface area contributed by atoms with Crippen molar-refractivity contribution in [3.63, 3.8) is 0 Å². The van der Waals surface area contributed by atoms with Gasteiger partial charge in [-0.15, -0.1) is 0 Å². The van der Waals surface area contributed by atoms with Crippen molar-refractivity contribution < 1.29 is 9.18 Å². The number of amides is 1. The third kappa shape index (κ3) is 4.43. The van der Waals surface area contributed by atoms with Gasteiger partial charge in [0.1, 0.15) is 5.67 Å². The van der Waals surface area contributed by atoms with E-state index in [2.05, 4.69) is 18.7 Å². The van der Waals surface area contributed by atoms with Crippen LogP contribution in [0.25, 0.3) is 0 Å². The predicted octanol–water partition coefficient (Wildman–Crippen LogP) is 3.48. The molecule has 0 unspecified atom stereocenters. The molecule has 2 aliphatic rings. The van der Waals surface area contributed by atoms with Gasteiger partial charge in [-0.2, -0.15) is 0 Å². The van der Waals surface area contributed by atoms with Gasteiger partial charge in [0.2, 0.25) is 5.91 Å². The average Bonchev–Trinajstić information content (AvgIpc) is 2.47. The minimum atomic E-state index is -1.04. The SMILES string of the molecule is CC(C)C(=O)N1CCC(F)(CC2CCN(C(C)C)CC2)CC1. The molecule has 4 heteroatoms. The van der Waals surface area contributed by atoms with E-state index in [1.165, 1.54) is 0 Å². The lowest BCUT2D eigenvalue weighted by molar-refractivity contribution is -0.137. The fraction of sp³-hybridized carbons (Fsp3) is 0.944. The highest BCUT2D eigenvalue weighted by Gasteiger charge is 2.38. The number of likely N-dealkylation sites (tertiary alicyclic amines) is 2. The summed E-state index contributed by atoms with van der Waals surface area (Å²) in [7, 11) is 0. The Labute approximate surface area is 135 Å². The van der Waals surface area contributed by atoms with E-state index in [1.54, 1.807) is 0 Å². The van der Waals surface area contributed by atoms with Gasteiger partial charge in [0.05, 0.1) is 0 Å². The first-order chi connectivity index (χ1) is 10.3. The van der Waals surface area contributed by atoms with Gasteiger partial charge in [-0.05, 0) is 65.0 Å². The molecule has 2 saturated heterocycles. The van der Waals surface area contributed by atoms with Crippen molar-refractivity contribution in [1.29, 1.82) is 0 Å². The number of hydrogen-bond donors (Lipinski definition) is 0. The van der Waals surface area contributed by atoms with Crippen LogP contribution < -0.4 is 0 Å². The first kappa shape index (κ1) is 17.7. The molecule has 128 valence electrons. The Balaban J connectivity index is 1.78. The highest BCUT2D eigenvalue weighted by atomic mass is 19.1. The molecule has 2 heterocycles. The quantitative estimate of drug-likeness (QED) is 0.793. The van der Waals surface area contributed by atoms with E-state index in [-0.39, 0.29) is 11.8 Å². The minimum absolute atomic E-state index is 0.0208. The molecule has 0 atom stereocenters. The van der Waals surface area contributed by atoms with Crippen LogP contribution in [0.1, 0.15) is 59.8 Å². The zero-order valence-corrected chi connectivity index (χ0v) is 14.8. The zero-order chi connectivity index (χ0) is 16.3. The summed E-state index contributed by atoms with van der Waals surface area (Å²) in [6.45, 7) is 11.7. The molecule has 2 rings (SSSR count). The number of hydrogen-bond acceptors (Lipinski definition) is 2. The third-order valence-corrected chi connectivity index (χ3v) is 5.50. The molecule has 2 aliphatic heterocycles. The fourth-order valence-electron chi connectivity index (χ4n) is 3.89. The first-order valence-electron chi connectivity index (χ1n) is 9.02. The summed E-state index contributed by atoms with van der Waals surface area (Å²) in [4.78, 5) is 16.3. The van der Waals surface area contributed by atoms with E-state index >= 15 is 4.39 Å². The minimum Gasteiger partial charge on any atom is -0.342 e. The van der Waals surface area contributed by atoms with Crippen LogP contribution in [-0.4, -0.2) is 53.6 Å². The number of nitrogens with zero attached hydrogens (tertiary/aromatic N) is 2. The Morgan fingerprint density at radius 2 is 1.64 bits per heavy atom. The van der Waals surface area contributed by atoms with Crippen LogP contribution in [0.2, 0.25) is 0 Å². The molecular weight excluding hydrogens is 279 g/mol. The van der Waals surface area contributed by atoms with Crippen LogP contribution in [0, 0.1) is 11.8 Å². The van der Waals surface area contributed by atoms with Crippen molar-refractivity contribution in [2.45, 2.75) is 71.5 Å². The largest absolute Gasteiger partial charge is 0.342 e. The Kier molecular flexibility index (Phi) is 5.87. The van der Waals surface area contributed by atoms with Gasteiger partial charge in [0.15, 0.2) is 0 Å². The lowest BCUT2D eigenvalue weighted by atomic mass is 9.80. The third-order valence-electron chi connectivity index (χ3n) is 5.50. The normalized spacial score (nSPS) is 24.2. The van der Waals surface area contributed by atoms with Crippen molar-refractivity contribution in [1.82, 2.24) is 9.80 Å². The molecule has 0 aromatic rings. The average molecular weight is 312 g/mol. The van der Waals surface area contributed by atoms with E-state index in [1.807, 2.05) is 18.7 Å². The molecule has 22 heavy (non-hydrogen) atoms. The first-order valence-corrected chi connectivity index (χ1v) is 9.02. The number of alkyl halides is 1. The second kappa shape index (κ2) is 7.29. The van der Waals surface area contributed by atoms with Crippen molar-refractivity contribution in [2.24, 2.45) is 11.8 Å². The van der Waals surface area contributed by atoms with E-state index < -0.39 is 5.67 Å². The van der Waals surface area contributed by atoms with Crippen LogP contribution in [0.3, 0.4) is 0 Å². The van der Waals surface area contributed by atoms with Gasteiger partial charge >= 0.3 is 0 Å². The molecule has 1 amide bonds. The van der Waals surface area contributed by atoms with Crippen LogP contribution >= 0.6 is 0 Å². The maximum absolute atomic E-state index is 15.1. The molecule has 3 nitrogen and oxygen atoms in total. The van der Waals surface area contributed by atoms with Crippen LogP contribution in [0.15, 0.2) is 0 Å². The monoisotopic (exact) mass is 312 g/mol. The number of carbonyl (C=O) groups is 1. The predicted molar refractivity (Wildman–Crippen MR) is 88.5 cm³/mol. The maximum Gasteiger partial charge on any atom is 0.225 e. The molecule has 0 spiro atoms. The molecule has 0 saturated carbocycles. The van der Waals surface area contributed by atoms with E-state index in [4.69, 9.17) is 0 Å². The van der Waals surface area contributed by atoms with Crippen molar-refractivity contribution in [2.75, 3.05) is 26.2 Å². The van der Waals surface area contributed by atoms with Gasteiger partial charge in [0, 0.05) is 25.0 Å². The fourth-order valence-corrected chi connectivity index (χ4v) is 3.89. The summed E-state index contributed by atoms with van der Waals surface area (Å²) in [5.74, 6) is 0.715. The second-order valence-corrected chi connectivity index (χ2v) is 7.91.